The number of likely N-dealkylation sites (N-methyl/N-ethyl adjacent to an activating group) is 1. The van der Waals surface area contributed by atoms with Crippen LogP contribution in [0.15, 0.2) is 35.9 Å². The highest BCUT2D eigenvalue weighted by Gasteiger charge is 2.31. The first-order valence-corrected chi connectivity index (χ1v) is 5.96. The van der Waals surface area contributed by atoms with Gasteiger partial charge < -0.3 is 15.3 Å². The van der Waals surface area contributed by atoms with Crippen LogP contribution in [0, 0.1) is 0 Å². The van der Waals surface area contributed by atoms with Crippen LogP contribution >= 0.6 is 0 Å². The molecule has 5 nitrogen and oxygen atoms in total. The van der Waals surface area contributed by atoms with Crippen LogP contribution in [0.3, 0.4) is 0 Å². The Labute approximate surface area is 106 Å². The molecule has 2 heterocycles. The van der Waals surface area contributed by atoms with Gasteiger partial charge in [0.25, 0.3) is 0 Å². The molecule has 1 aromatic rings. The van der Waals surface area contributed by atoms with Crippen LogP contribution in [0.4, 0.5) is 0 Å². The molecule has 0 radical (unpaired) electrons. The third-order valence-electron chi connectivity index (χ3n) is 3.22. The van der Waals surface area contributed by atoms with Crippen molar-refractivity contribution in [3.8, 4) is 0 Å². The van der Waals surface area contributed by atoms with Gasteiger partial charge in [0.05, 0.1) is 5.70 Å². The van der Waals surface area contributed by atoms with Crippen molar-refractivity contribution in [3.05, 3.63) is 41.5 Å². The van der Waals surface area contributed by atoms with Crippen LogP contribution in [-0.4, -0.2) is 34.0 Å². The second-order valence-corrected chi connectivity index (χ2v) is 4.19. The first kappa shape index (κ1) is 12.6. The predicted molar refractivity (Wildman–Crippen MR) is 67.3 cm³/mol. The molecule has 0 fully saturated rings. The van der Waals surface area contributed by atoms with E-state index in [0.29, 0.717) is 5.70 Å². The Bertz CT molecular complexity index is 459. The van der Waals surface area contributed by atoms with Crippen LogP contribution < -0.4 is 5.32 Å². The average molecular weight is 247 g/mol. The van der Waals surface area contributed by atoms with Gasteiger partial charge in [0.2, 0.25) is 0 Å². The number of nitrogens with one attached hydrogen (secondary N) is 1. The second-order valence-electron chi connectivity index (χ2n) is 4.19. The van der Waals surface area contributed by atoms with E-state index in [9.17, 15) is 9.90 Å². The van der Waals surface area contributed by atoms with E-state index in [1.165, 1.54) is 0 Å². The highest BCUT2D eigenvalue weighted by molar-refractivity contribution is 5.60. The maximum atomic E-state index is 11.0. The minimum Gasteiger partial charge on any atom is -0.382 e. The van der Waals surface area contributed by atoms with Crippen molar-refractivity contribution >= 4 is 6.29 Å². The summed E-state index contributed by atoms with van der Waals surface area (Å²) >= 11 is 0. The van der Waals surface area contributed by atoms with Crippen LogP contribution in [0.5, 0.6) is 0 Å². The van der Waals surface area contributed by atoms with E-state index < -0.39 is 6.10 Å². The third-order valence-corrected chi connectivity index (χ3v) is 3.22. The van der Waals surface area contributed by atoms with Crippen molar-refractivity contribution in [1.82, 2.24) is 15.2 Å². The minimum absolute atomic E-state index is 0.388. The molecule has 2 rings (SSSR count). The fourth-order valence-electron chi connectivity index (χ4n) is 2.24. The zero-order valence-electron chi connectivity index (χ0n) is 10.5. The molecular formula is C13H17N3O2. The first-order valence-electron chi connectivity index (χ1n) is 5.96. The largest absolute Gasteiger partial charge is 0.382 e. The van der Waals surface area contributed by atoms with Crippen molar-refractivity contribution in [1.29, 1.82) is 0 Å². The lowest BCUT2D eigenvalue weighted by molar-refractivity contribution is -0.112. The molecule has 0 aromatic carbocycles. The number of aliphatic hydroxyl groups is 1. The Morgan fingerprint density at radius 3 is 2.72 bits per heavy atom. The van der Waals surface area contributed by atoms with Gasteiger partial charge in [-0.05, 0) is 31.5 Å². The van der Waals surface area contributed by atoms with E-state index in [0.717, 1.165) is 24.1 Å². The smallest absolute Gasteiger partial charge is 0.162 e. The normalized spacial score (nSPS) is 20.8. The van der Waals surface area contributed by atoms with Gasteiger partial charge in [0, 0.05) is 24.6 Å². The Balaban J connectivity index is 2.28. The highest BCUT2D eigenvalue weighted by atomic mass is 16.3. The second kappa shape index (κ2) is 5.18. The number of rotatable bonds is 4. The summed E-state index contributed by atoms with van der Waals surface area (Å²) in [5.74, 6) is 0. The van der Waals surface area contributed by atoms with Gasteiger partial charge in [-0.1, -0.05) is 0 Å². The molecule has 2 unspecified atom stereocenters. The molecule has 0 aliphatic carbocycles. The van der Waals surface area contributed by atoms with Crippen LogP contribution in [0.2, 0.25) is 0 Å². The fourth-order valence-corrected chi connectivity index (χ4v) is 2.24. The highest BCUT2D eigenvalue weighted by Crippen LogP contribution is 2.28. The van der Waals surface area contributed by atoms with E-state index in [-0.39, 0.29) is 6.17 Å². The molecule has 1 aliphatic rings. The summed E-state index contributed by atoms with van der Waals surface area (Å²) in [6.45, 7) is 4.60. The number of aldehydes is 1. The van der Waals surface area contributed by atoms with Gasteiger partial charge in [-0.3, -0.25) is 9.78 Å². The van der Waals surface area contributed by atoms with Crippen LogP contribution in [0.25, 0.3) is 0 Å². The summed E-state index contributed by atoms with van der Waals surface area (Å²) in [6.07, 6.45) is 2.98. The van der Waals surface area contributed by atoms with E-state index in [2.05, 4.69) is 10.3 Å². The Hall–Kier alpha value is -1.88. The number of carbonyl (C=O) groups excluding carboxylic acids is 1. The number of carbonyl (C=O) groups is 1. The molecule has 5 heteroatoms. The van der Waals surface area contributed by atoms with Crippen LogP contribution in [-0.2, 0) is 4.79 Å². The Kier molecular flexibility index (Phi) is 3.62. The van der Waals surface area contributed by atoms with Gasteiger partial charge in [-0.25, -0.2) is 0 Å². The lowest BCUT2D eigenvalue weighted by atomic mass is 10.1. The average Bonchev–Trinajstić information content (AvgIpc) is 2.75. The zero-order valence-corrected chi connectivity index (χ0v) is 10.5. The minimum atomic E-state index is -0.757. The SMILES string of the molecule is CCN1C(C)=C(C(O)c2ccncc2)NC1C=O. The van der Waals surface area contributed by atoms with Crippen molar-refractivity contribution in [2.45, 2.75) is 26.1 Å². The molecular weight excluding hydrogens is 230 g/mol. The van der Waals surface area contributed by atoms with Crippen molar-refractivity contribution in [2.75, 3.05) is 6.54 Å². The van der Waals surface area contributed by atoms with Gasteiger partial charge >= 0.3 is 0 Å². The molecule has 2 N–H and O–H groups in total. The summed E-state index contributed by atoms with van der Waals surface area (Å²) in [4.78, 5) is 16.8. The first-order chi connectivity index (χ1) is 8.69. The third kappa shape index (κ3) is 2.09. The van der Waals surface area contributed by atoms with Gasteiger partial charge in [-0.15, -0.1) is 0 Å². The number of allylic oxidation sites excluding steroid dienone is 1. The Morgan fingerprint density at radius 1 is 1.56 bits per heavy atom. The summed E-state index contributed by atoms with van der Waals surface area (Å²) in [5.41, 5.74) is 2.34. The molecule has 18 heavy (non-hydrogen) atoms. The molecule has 2 atom stereocenters. The molecule has 96 valence electrons. The van der Waals surface area contributed by atoms with Gasteiger partial charge in [0.15, 0.2) is 12.5 Å². The van der Waals surface area contributed by atoms with E-state index in [4.69, 9.17) is 0 Å². The number of nitrogens with zero attached hydrogens (tertiary/aromatic N) is 2. The number of aromatic nitrogens is 1. The van der Waals surface area contributed by atoms with E-state index in [1.54, 1.807) is 24.5 Å². The standard InChI is InChI=1S/C13H17N3O2/c1-3-16-9(2)12(15-11(16)8-17)13(18)10-4-6-14-7-5-10/h4-8,11,13,15,18H,3H2,1-2H3. The summed E-state index contributed by atoms with van der Waals surface area (Å²) in [7, 11) is 0. The number of aliphatic hydroxyl groups excluding tert-OH is 1. The maximum absolute atomic E-state index is 11.0. The molecule has 1 aromatic heterocycles. The van der Waals surface area contributed by atoms with Gasteiger partial charge in [0.1, 0.15) is 6.10 Å². The lowest BCUT2D eigenvalue weighted by Gasteiger charge is -2.21. The molecule has 0 saturated heterocycles. The molecule has 0 bridgehead atoms. The Morgan fingerprint density at radius 2 is 2.22 bits per heavy atom. The van der Waals surface area contributed by atoms with Gasteiger partial charge in [-0.2, -0.15) is 0 Å². The van der Waals surface area contributed by atoms with Crippen molar-refractivity contribution in [3.63, 3.8) is 0 Å². The quantitative estimate of drug-likeness (QED) is 0.770. The van der Waals surface area contributed by atoms with Crippen molar-refractivity contribution in [2.24, 2.45) is 0 Å². The zero-order chi connectivity index (χ0) is 13.1. The number of hydrogen-bond donors (Lipinski definition) is 2. The van der Waals surface area contributed by atoms with Crippen LogP contribution in [0.1, 0.15) is 25.5 Å². The molecule has 0 spiro atoms. The maximum Gasteiger partial charge on any atom is 0.162 e. The van der Waals surface area contributed by atoms with E-state index >= 15 is 0 Å². The summed E-state index contributed by atoms with van der Waals surface area (Å²) < 4.78 is 0. The molecule has 0 saturated carbocycles. The monoisotopic (exact) mass is 247 g/mol. The van der Waals surface area contributed by atoms with E-state index in [1.807, 2.05) is 18.7 Å². The molecule has 1 aliphatic heterocycles. The predicted octanol–water partition coefficient (Wildman–Crippen LogP) is 0.797. The summed E-state index contributed by atoms with van der Waals surface area (Å²) in [6, 6.07) is 3.52. The topological polar surface area (TPSA) is 65.5 Å². The number of hydrogen-bond acceptors (Lipinski definition) is 5. The molecule has 0 amide bonds. The fraction of sp³-hybridized carbons (Fsp3) is 0.385. The van der Waals surface area contributed by atoms with Crippen molar-refractivity contribution < 1.29 is 9.90 Å². The summed E-state index contributed by atoms with van der Waals surface area (Å²) in [5, 5.41) is 13.4. The number of pyridine rings is 1. The lowest BCUT2D eigenvalue weighted by Crippen LogP contribution is -2.38.